The molecule has 1 heterocycles. The van der Waals surface area contributed by atoms with Crippen LogP contribution in [0.5, 0.6) is 0 Å². The van der Waals surface area contributed by atoms with Crippen LogP contribution in [0.3, 0.4) is 0 Å². The summed E-state index contributed by atoms with van der Waals surface area (Å²) in [4.78, 5) is 27.8. The Hall–Kier alpha value is -4.15. The Morgan fingerprint density at radius 1 is 0.800 bits per heavy atom. The molecule has 0 atom stereocenters. The van der Waals surface area contributed by atoms with Crippen molar-refractivity contribution in [2.75, 3.05) is 12.0 Å². The molecule has 0 bridgehead atoms. The molecule has 0 saturated carbocycles. The zero-order valence-corrected chi connectivity index (χ0v) is 19.8. The second-order valence-corrected chi connectivity index (χ2v) is 8.66. The molecule has 0 N–H and O–H groups in total. The van der Waals surface area contributed by atoms with Gasteiger partial charge in [0.2, 0.25) is 0 Å². The maximum absolute atomic E-state index is 14.1. The maximum Gasteiger partial charge on any atom is 0.337 e. The van der Waals surface area contributed by atoms with Crippen molar-refractivity contribution in [2.45, 2.75) is 6.54 Å². The molecule has 1 aliphatic rings. The van der Waals surface area contributed by atoms with Gasteiger partial charge in [0.15, 0.2) is 0 Å². The van der Waals surface area contributed by atoms with E-state index in [4.69, 9.17) is 16.3 Å². The average molecular weight is 480 g/mol. The van der Waals surface area contributed by atoms with Gasteiger partial charge < -0.3 is 9.64 Å². The van der Waals surface area contributed by atoms with Gasteiger partial charge >= 0.3 is 5.97 Å². The lowest BCUT2D eigenvalue weighted by Gasteiger charge is -2.18. The van der Waals surface area contributed by atoms with E-state index in [0.29, 0.717) is 22.7 Å². The van der Waals surface area contributed by atoms with Crippen molar-refractivity contribution in [3.8, 4) is 0 Å². The highest BCUT2D eigenvalue weighted by molar-refractivity contribution is 6.39. The highest BCUT2D eigenvalue weighted by Crippen LogP contribution is 2.43. The van der Waals surface area contributed by atoms with Crippen molar-refractivity contribution in [2.24, 2.45) is 0 Å². The number of para-hydroxylation sites is 1. The van der Waals surface area contributed by atoms with Gasteiger partial charge in [0.25, 0.3) is 5.91 Å². The van der Waals surface area contributed by atoms with E-state index in [9.17, 15) is 9.59 Å². The first kappa shape index (κ1) is 22.6. The van der Waals surface area contributed by atoms with E-state index in [1.807, 2.05) is 84.9 Å². The number of halogens is 1. The second kappa shape index (κ2) is 9.61. The van der Waals surface area contributed by atoms with Gasteiger partial charge in [-0.05, 0) is 47.0 Å². The molecular formula is C30H22ClNO3. The highest BCUT2D eigenvalue weighted by atomic mass is 35.5. The number of carbonyl (C=O) groups is 2. The molecule has 0 saturated heterocycles. The summed E-state index contributed by atoms with van der Waals surface area (Å²) in [7, 11) is 1.35. The molecule has 0 fully saturated rings. The molecule has 5 rings (SSSR count). The standard InChI is InChI=1S/C30H22ClNO3/c1-35-30(34)23-13-7-9-20(17-23)19-32-26-16-6-5-15-25(26)28(29(32)33)27(21-10-3-2-4-11-21)22-12-8-14-24(31)18-22/h2-18H,19H2,1H3/b28-27+. The van der Waals surface area contributed by atoms with E-state index in [0.717, 1.165) is 33.5 Å². The summed E-state index contributed by atoms with van der Waals surface area (Å²) in [5.41, 5.74) is 6.23. The molecule has 0 unspecified atom stereocenters. The van der Waals surface area contributed by atoms with Gasteiger partial charge in [-0.15, -0.1) is 0 Å². The SMILES string of the molecule is COC(=O)c1cccc(CN2C(=O)/C(=C(\c3ccccc3)c3cccc(Cl)c3)c3ccccc32)c1. The highest BCUT2D eigenvalue weighted by Gasteiger charge is 2.35. The van der Waals surface area contributed by atoms with E-state index in [1.54, 1.807) is 23.1 Å². The summed E-state index contributed by atoms with van der Waals surface area (Å²) in [6.07, 6.45) is 0. The molecule has 172 valence electrons. The molecule has 0 radical (unpaired) electrons. The predicted molar refractivity (Wildman–Crippen MR) is 139 cm³/mol. The molecule has 4 aromatic carbocycles. The van der Waals surface area contributed by atoms with Gasteiger partial charge in [0.1, 0.15) is 0 Å². The molecular weight excluding hydrogens is 458 g/mol. The number of methoxy groups -OCH3 is 1. The Bertz CT molecular complexity index is 1460. The van der Waals surface area contributed by atoms with Crippen LogP contribution >= 0.6 is 11.6 Å². The number of fused-ring (bicyclic) bond motifs is 1. The topological polar surface area (TPSA) is 46.6 Å². The van der Waals surface area contributed by atoms with Crippen LogP contribution in [0.2, 0.25) is 5.02 Å². The first-order chi connectivity index (χ1) is 17.1. The Morgan fingerprint density at radius 3 is 2.26 bits per heavy atom. The van der Waals surface area contributed by atoms with Crippen LogP contribution in [0, 0.1) is 0 Å². The lowest BCUT2D eigenvalue weighted by Crippen LogP contribution is -2.26. The van der Waals surface area contributed by atoms with Crippen molar-refractivity contribution in [1.82, 2.24) is 0 Å². The first-order valence-electron chi connectivity index (χ1n) is 11.2. The smallest absolute Gasteiger partial charge is 0.337 e. The van der Waals surface area contributed by atoms with Crippen LogP contribution in [-0.4, -0.2) is 19.0 Å². The van der Waals surface area contributed by atoms with Gasteiger partial charge in [-0.25, -0.2) is 4.79 Å². The van der Waals surface area contributed by atoms with E-state index in [1.165, 1.54) is 7.11 Å². The molecule has 0 aromatic heterocycles. The number of carbonyl (C=O) groups excluding carboxylic acids is 2. The van der Waals surface area contributed by atoms with Gasteiger partial charge in [-0.2, -0.15) is 0 Å². The summed E-state index contributed by atoms with van der Waals surface area (Å²) in [5.74, 6) is -0.513. The second-order valence-electron chi connectivity index (χ2n) is 8.23. The largest absolute Gasteiger partial charge is 0.465 e. The monoisotopic (exact) mass is 479 g/mol. The summed E-state index contributed by atoms with van der Waals surface area (Å²) in [5, 5.41) is 0.603. The minimum Gasteiger partial charge on any atom is -0.465 e. The van der Waals surface area contributed by atoms with E-state index < -0.39 is 5.97 Å². The fraction of sp³-hybridized carbons (Fsp3) is 0.0667. The van der Waals surface area contributed by atoms with Crippen LogP contribution < -0.4 is 4.90 Å². The number of rotatable bonds is 5. The zero-order valence-electron chi connectivity index (χ0n) is 19.1. The number of nitrogens with zero attached hydrogens (tertiary/aromatic N) is 1. The Balaban J connectivity index is 1.67. The number of hydrogen-bond donors (Lipinski definition) is 0. The van der Waals surface area contributed by atoms with Gasteiger partial charge in [0.05, 0.1) is 30.5 Å². The van der Waals surface area contributed by atoms with Crippen molar-refractivity contribution < 1.29 is 14.3 Å². The third-order valence-electron chi connectivity index (χ3n) is 6.04. The van der Waals surface area contributed by atoms with Gasteiger partial charge in [-0.3, -0.25) is 4.79 Å². The normalized spacial score (nSPS) is 14.0. The lowest BCUT2D eigenvalue weighted by atomic mass is 9.90. The molecule has 4 aromatic rings. The van der Waals surface area contributed by atoms with Crippen LogP contribution in [0.25, 0.3) is 11.1 Å². The molecule has 1 amide bonds. The number of esters is 1. The molecule has 0 aliphatic carbocycles. The third-order valence-corrected chi connectivity index (χ3v) is 6.27. The predicted octanol–water partition coefficient (Wildman–Crippen LogP) is 6.63. The van der Waals surface area contributed by atoms with E-state index in [2.05, 4.69) is 0 Å². The maximum atomic E-state index is 14.1. The number of hydrogen-bond acceptors (Lipinski definition) is 3. The molecule has 0 spiro atoms. The Morgan fingerprint density at radius 2 is 1.49 bits per heavy atom. The fourth-order valence-electron chi connectivity index (χ4n) is 4.48. The third kappa shape index (κ3) is 4.36. The average Bonchev–Trinajstić information content (AvgIpc) is 3.16. The Kier molecular flexibility index (Phi) is 6.21. The quantitative estimate of drug-likeness (QED) is 0.238. The fourth-order valence-corrected chi connectivity index (χ4v) is 4.67. The summed E-state index contributed by atoms with van der Waals surface area (Å²) < 4.78 is 4.86. The molecule has 4 nitrogen and oxygen atoms in total. The number of ether oxygens (including phenoxy) is 1. The summed E-state index contributed by atoms with van der Waals surface area (Å²) in [6, 6.07) is 32.4. The molecule has 5 heteroatoms. The zero-order chi connectivity index (χ0) is 24.4. The van der Waals surface area contributed by atoms with Gasteiger partial charge in [0, 0.05) is 16.2 Å². The first-order valence-corrected chi connectivity index (χ1v) is 11.6. The van der Waals surface area contributed by atoms with Crippen LogP contribution in [0.4, 0.5) is 5.69 Å². The molecule has 35 heavy (non-hydrogen) atoms. The van der Waals surface area contributed by atoms with Crippen LogP contribution in [0.1, 0.15) is 32.6 Å². The van der Waals surface area contributed by atoms with Gasteiger partial charge in [-0.1, -0.05) is 84.4 Å². The lowest BCUT2D eigenvalue weighted by molar-refractivity contribution is -0.113. The summed E-state index contributed by atoms with van der Waals surface area (Å²) >= 11 is 6.35. The Labute approximate surface area is 209 Å². The number of benzene rings is 4. The molecule has 1 aliphatic heterocycles. The van der Waals surface area contributed by atoms with Crippen molar-refractivity contribution in [1.29, 1.82) is 0 Å². The van der Waals surface area contributed by atoms with E-state index >= 15 is 0 Å². The number of amides is 1. The minimum absolute atomic E-state index is 0.103. The minimum atomic E-state index is -0.409. The van der Waals surface area contributed by atoms with Crippen molar-refractivity contribution >= 4 is 40.3 Å². The van der Waals surface area contributed by atoms with Crippen LogP contribution in [-0.2, 0) is 16.1 Å². The van der Waals surface area contributed by atoms with Crippen molar-refractivity contribution in [3.05, 3.63) is 136 Å². The number of anilines is 1. The summed E-state index contributed by atoms with van der Waals surface area (Å²) in [6.45, 7) is 0.321. The van der Waals surface area contributed by atoms with E-state index in [-0.39, 0.29) is 5.91 Å². The van der Waals surface area contributed by atoms with Crippen molar-refractivity contribution in [3.63, 3.8) is 0 Å². The van der Waals surface area contributed by atoms with Crippen LogP contribution in [0.15, 0.2) is 103 Å².